The van der Waals surface area contributed by atoms with E-state index in [1.165, 1.54) is 23.2 Å². The number of hydrogen-bond donors (Lipinski definition) is 1. The lowest BCUT2D eigenvalue weighted by atomic mass is 9.69. The number of H-pyrrole nitrogens is 1. The van der Waals surface area contributed by atoms with E-state index in [-0.39, 0.29) is 28.5 Å². The lowest BCUT2D eigenvalue weighted by Crippen LogP contribution is -2.46. The van der Waals surface area contributed by atoms with Crippen molar-refractivity contribution in [3.05, 3.63) is 88.8 Å². The highest BCUT2D eigenvalue weighted by Gasteiger charge is 2.39. The van der Waals surface area contributed by atoms with E-state index >= 15 is 0 Å². The van der Waals surface area contributed by atoms with Crippen LogP contribution in [0.4, 0.5) is 14.7 Å². The van der Waals surface area contributed by atoms with Crippen molar-refractivity contribution in [2.75, 3.05) is 11.4 Å². The molecule has 2 aromatic carbocycles. The average molecular weight is 481 g/mol. The van der Waals surface area contributed by atoms with E-state index in [1.807, 2.05) is 6.07 Å². The fourth-order valence-electron chi connectivity index (χ4n) is 5.01. The first-order chi connectivity index (χ1) is 16.5. The van der Waals surface area contributed by atoms with Gasteiger partial charge in [-0.05, 0) is 48.7 Å². The number of fused-ring (bicyclic) bond motifs is 1. The first kappa shape index (κ1) is 22.5. The van der Waals surface area contributed by atoms with Crippen molar-refractivity contribution in [2.24, 2.45) is 0 Å². The van der Waals surface area contributed by atoms with Crippen molar-refractivity contribution in [2.45, 2.75) is 37.5 Å². The molecule has 5 rings (SSSR count). The van der Waals surface area contributed by atoms with Gasteiger partial charge in [0, 0.05) is 41.5 Å². The third kappa shape index (κ3) is 4.05. The van der Waals surface area contributed by atoms with Crippen LogP contribution in [0.1, 0.15) is 48.0 Å². The molecule has 0 spiro atoms. The molecule has 34 heavy (non-hydrogen) atoms. The molecule has 5 nitrogen and oxygen atoms in total. The number of rotatable bonds is 5. The quantitative estimate of drug-likeness (QED) is 0.357. The predicted octanol–water partition coefficient (Wildman–Crippen LogP) is 6.44. The van der Waals surface area contributed by atoms with E-state index in [0.29, 0.717) is 5.52 Å². The summed E-state index contributed by atoms with van der Waals surface area (Å²) in [4.78, 5) is 27.0. The monoisotopic (exact) mass is 480 g/mol. The summed E-state index contributed by atoms with van der Waals surface area (Å²) in [7, 11) is 0. The topological polar surface area (TPSA) is 61.9 Å². The average Bonchev–Trinajstić information content (AvgIpc) is 3.31. The van der Waals surface area contributed by atoms with Gasteiger partial charge in [-0.15, -0.1) is 0 Å². The molecule has 0 aliphatic heterocycles. The summed E-state index contributed by atoms with van der Waals surface area (Å²) in [6.45, 7) is 0.234. The Labute approximate surface area is 200 Å². The van der Waals surface area contributed by atoms with Crippen molar-refractivity contribution in [3.63, 3.8) is 0 Å². The van der Waals surface area contributed by atoms with Crippen LogP contribution in [-0.4, -0.2) is 27.4 Å². The number of hydrogen-bond acceptors (Lipinski definition) is 3. The van der Waals surface area contributed by atoms with Gasteiger partial charge in [-0.25, -0.2) is 18.7 Å². The Morgan fingerprint density at radius 1 is 1.03 bits per heavy atom. The molecule has 1 N–H and O–H groups in total. The molecule has 8 heteroatoms. The normalized spacial score (nSPS) is 15.4. The van der Waals surface area contributed by atoms with Crippen LogP contribution < -0.4 is 4.90 Å². The summed E-state index contributed by atoms with van der Waals surface area (Å²) in [6.07, 6.45) is 9.15. The van der Waals surface area contributed by atoms with Gasteiger partial charge >= 0.3 is 0 Å². The Kier molecular flexibility index (Phi) is 6.04. The van der Waals surface area contributed by atoms with Gasteiger partial charge in [0.1, 0.15) is 11.6 Å². The Bertz CT molecular complexity index is 1340. The third-order valence-corrected chi connectivity index (χ3v) is 7.03. The highest BCUT2D eigenvalue weighted by atomic mass is 35.5. The molecular weight excluding hydrogens is 458 g/mol. The zero-order valence-electron chi connectivity index (χ0n) is 18.4. The maximum atomic E-state index is 14.7. The van der Waals surface area contributed by atoms with Crippen LogP contribution in [-0.2, 0) is 5.41 Å². The standard InChI is InChI=1S/C26H23ClF2N4O/c27-19-9-8-17(14-21(19)29)26(10-2-1-3-11-26)16-33(25-30-12-5-13-31-25)24(34)18-15-32-22-7-4-6-20(28)23(18)22/h4-9,12-15,32H,1-3,10-11,16H2. The van der Waals surface area contributed by atoms with Crippen LogP contribution in [0.5, 0.6) is 0 Å². The van der Waals surface area contributed by atoms with Crippen LogP contribution in [0.3, 0.4) is 0 Å². The molecule has 1 aliphatic carbocycles. The molecule has 0 saturated heterocycles. The minimum absolute atomic E-state index is 0.0586. The summed E-state index contributed by atoms with van der Waals surface area (Å²) in [5, 5.41) is 0.284. The number of amides is 1. The summed E-state index contributed by atoms with van der Waals surface area (Å²) in [5.74, 6) is -1.17. The van der Waals surface area contributed by atoms with Gasteiger partial charge in [-0.2, -0.15) is 0 Å². The lowest BCUT2D eigenvalue weighted by Gasteiger charge is -2.41. The third-order valence-electron chi connectivity index (χ3n) is 6.73. The molecule has 2 heterocycles. The summed E-state index contributed by atoms with van der Waals surface area (Å²) >= 11 is 5.96. The number of aromatic amines is 1. The SMILES string of the molecule is O=C(c1c[nH]c2cccc(F)c12)N(CC1(c2ccc(Cl)c(F)c2)CCCCC1)c1ncccn1. The van der Waals surface area contributed by atoms with E-state index in [0.717, 1.165) is 37.7 Å². The first-order valence-corrected chi connectivity index (χ1v) is 11.7. The van der Waals surface area contributed by atoms with Gasteiger partial charge in [0.2, 0.25) is 5.95 Å². The minimum atomic E-state index is -0.511. The van der Waals surface area contributed by atoms with E-state index in [1.54, 1.807) is 36.7 Å². The fourth-order valence-corrected chi connectivity index (χ4v) is 5.13. The number of anilines is 1. The van der Waals surface area contributed by atoms with Crippen molar-refractivity contribution in [1.29, 1.82) is 0 Å². The van der Waals surface area contributed by atoms with E-state index in [2.05, 4.69) is 15.0 Å². The van der Waals surface area contributed by atoms with Gasteiger partial charge in [0.05, 0.1) is 10.6 Å². The van der Waals surface area contributed by atoms with Gasteiger partial charge in [-0.3, -0.25) is 9.69 Å². The molecule has 2 aromatic heterocycles. The number of benzene rings is 2. The Balaban J connectivity index is 1.61. The second-order valence-electron chi connectivity index (χ2n) is 8.77. The molecule has 0 unspecified atom stereocenters. The maximum Gasteiger partial charge on any atom is 0.262 e. The van der Waals surface area contributed by atoms with Crippen LogP contribution in [0.15, 0.2) is 61.1 Å². The zero-order valence-corrected chi connectivity index (χ0v) is 19.2. The first-order valence-electron chi connectivity index (χ1n) is 11.3. The molecule has 0 radical (unpaired) electrons. The van der Waals surface area contributed by atoms with Crippen LogP contribution in [0.2, 0.25) is 5.02 Å². The second-order valence-corrected chi connectivity index (χ2v) is 9.18. The van der Waals surface area contributed by atoms with E-state index in [4.69, 9.17) is 11.6 Å². The number of nitrogens with one attached hydrogen (secondary N) is 1. The summed E-state index contributed by atoms with van der Waals surface area (Å²) in [6, 6.07) is 11.2. The molecule has 0 bridgehead atoms. The molecule has 1 amide bonds. The largest absolute Gasteiger partial charge is 0.360 e. The van der Waals surface area contributed by atoms with Gasteiger partial charge in [0.25, 0.3) is 5.91 Å². The summed E-state index contributed by atoms with van der Waals surface area (Å²) in [5.41, 5.74) is 1.01. The second kappa shape index (κ2) is 9.14. The van der Waals surface area contributed by atoms with Gasteiger partial charge < -0.3 is 4.98 Å². The zero-order chi connectivity index (χ0) is 23.7. The highest BCUT2D eigenvalue weighted by molar-refractivity contribution is 6.30. The number of aromatic nitrogens is 3. The van der Waals surface area contributed by atoms with Crippen LogP contribution in [0, 0.1) is 11.6 Å². The van der Waals surface area contributed by atoms with E-state index < -0.39 is 23.0 Å². The predicted molar refractivity (Wildman–Crippen MR) is 128 cm³/mol. The number of halogens is 3. The number of nitrogens with zero attached hydrogens (tertiary/aromatic N) is 3. The fraction of sp³-hybridized carbons (Fsp3) is 0.269. The smallest absolute Gasteiger partial charge is 0.262 e. The summed E-state index contributed by atoms with van der Waals surface area (Å²) < 4.78 is 29.2. The van der Waals surface area contributed by atoms with Crippen molar-refractivity contribution in [1.82, 2.24) is 15.0 Å². The van der Waals surface area contributed by atoms with E-state index in [9.17, 15) is 13.6 Å². The highest BCUT2D eigenvalue weighted by Crippen LogP contribution is 2.42. The van der Waals surface area contributed by atoms with Crippen molar-refractivity contribution < 1.29 is 13.6 Å². The molecule has 0 atom stereocenters. The molecule has 1 saturated carbocycles. The Morgan fingerprint density at radius 3 is 2.53 bits per heavy atom. The Morgan fingerprint density at radius 2 is 1.79 bits per heavy atom. The number of carbonyl (C=O) groups is 1. The molecular formula is C26H23ClF2N4O. The maximum absolute atomic E-state index is 14.7. The number of carbonyl (C=O) groups excluding carboxylic acids is 1. The molecule has 1 fully saturated rings. The molecule has 4 aromatic rings. The van der Waals surface area contributed by atoms with Gasteiger partial charge in [-0.1, -0.05) is 43.0 Å². The Hall–Kier alpha value is -3.32. The van der Waals surface area contributed by atoms with Crippen molar-refractivity contribution in [3.8, 4) is 0 Å². The van der Waals surface area contributed by atoms with Crippen molar-refractivity contribution >= 4 is 34.4 Å². The lowest BCUT2D eigenvalue weighted by molar-refractivity contribution is 0.0975. The molecule has 174 valence electrons. The van der Waals surface area contributed by atoms with Crippen LogP contribution in [0.25, 0.3) is 10.9 Å². The molecule has 1 aliphatic rings. The minimum Gasteiger partial charge on any atom is -0.360 e. The van der Waals surface area contributed by atoms with Gasteiger partial charge in [0.15, 0.2) is 0 Å². The van der Waals surface area contributed by atoms with Crippen LogP contribution >= 0.6 is 11.6 Å².